The van der Waals surface area contributed by atoms with Crippen molar-refractivity contribution in [1.29, 1.82) is 0 Å². The number of hydrogen-bond donors (Lipinski definition) is 1. The molecule has 2 fully saturated rings. The highest BCUT2D eigenvalue weighted by Crippen LogP contribution is 2.26. The first-order valence-corrected chi connectivity index (χ1v) is 8.78. The average molecular weight is 298 g/mol. The second-order valence-electron chi connectivity index (χ2n) is 7.34. The zero-order chi connectivity index (χ0) is 15.2. The Kier molecular flexibility index (Phi) is 6.93. The molecule has 0 aromatic rings. The predicted molar refractivity (Wildman–Crippen MR) is 86.5 cm³/mol. The summed E-state index contributed by atoms with van der Waals surface area (Å²) in [6.45, 7) is 13.3. The Labute approximate surface area is 130 Å². The van der Waals surface area contributed by atoms with Gasteiger partial charge in [0, 0.05) is 32.2 Å². The summed E-state index contributed by atoms with van der Waals surface area (Å²) < 4.78 is 5.37. The molecular weight excluding hydrogens is 264 g/mol. The van der Waals surface area contributed by atoms with Crippen LogP contribution < -0.4 is 0 Å². The third kappa shape index (κ3) is 5.51. The largest absolute Gasteiger partial charge is 0.390 e. The molecule has 0 spiro atoms. The minimum atomic E-state index is -0.238. The number of β-amino-alcohol motifs (C(OH)–C–C–N with tert-alkyl or cyclic N) is 1. The van der Waals surface area contributed by atoms with E-state index in [1.807, 2.05) is 0 Å². The first-order chi connectivity index (χ1) is 10.1. The summed E-state index contributed by atoms with van der Waals surface area (Å²) in [5, 5.41) is 10.5. The van der Waals surface area contributed by atoms with Crippen LogP contribution in [0, 0.1) is 11.8 Å². The van der Waals surface area contributed by atoms with Crippen LogP contribution in [-0.2, 0) is 4.74 Å². The number of rotatable bonds is 5. The Morgan fingerprint density at radius 1 is 1.05 bits per heavy atom. The van der Waals surface area contributed by atoms with Crippen LogP contribution in [0.15, 0.2) is 0 Å². The van der Waals surface area contributed by atoms with Gasteiger partial charge in [-0.3, -0.25) is 9.80 Å². The van der Waals surface area contributed by atoms with E-state index in [0.29, 0.717) is 12.0 Å². The van der Waals surface area contributed by atoms with Crippen molar-refractivity contribution < 1.29 is 9.84 Å². The number of aliphatic hydroxyl groups is 1. The van der Waals surface area contributed by atoms with Crippen LogP contribution in [0.2, 0.25) is 0 Å². The van der Waals surface area contributed by atoms with Crippen molar-refractivity contribution >= 4 is 0 Å². The van der Waals surface area contributed by atoms with Crippen molar-refractivity contribution in [3.05, 3.63) is 0 Å². The number of likely N-dealkylation sites (tertiary alicyclic amines) is 1. The van der Waals surface area contributed by atoms with Crippen molar-refractivity contribution in [1.82, 2.24) is 9.80 Å². The summed E-state index contributed by atoms with van der Waals surface area (Å²) in [5.74, 6) is 1.50. The summed E-state index contributed by atoms with van der Waals surface area (Å²) in [7, 11) is 0. The summed E-state index contributed by atoms with van der Waals surface area (Å²) >= 11 is 0. The molecule has 0 bridgehead atoms. The quantitative estimate of drug-likeness (QED) is 0.840. The van der Waals surface area contributed by atoms with Crippen molar-refractivity contribution in [2.75, 3.05) is 45.9 Å². The van der Waals surface area contributed by atoms with E-state index in [1.54, 1.807) is 0 Å². The molecule has 2 rings (SSSR count). The van der Waals surface area contributed by atoms with Gasteiger partial charge in [-0.2, -0.15) is 0 Å². The summed E-state index contributed by atoms with van der Waals surface area (Å²) in [5.41, 5.74) is 0. The molecule has 4 nitrogen and oxygen atoms in total. The molecule has 3 unspecified atom stereocenters. The fourth-order valence-electron chi connectivity index (χ4n) is 3.73. The second kappa shape index (κ2) is 8.47. The lowest BCUT2D eigenvalue weighted by Gasteiger charge is -2.36. The normalized spacial score (nSPS) is 31.3. The molecule has 3 atom stereocenters. The number of nitrogens with zero attached hydrogens (tertiary/aromatic N) is 2. The average Bonchev–Trinajstić information content (AvgIpc) is 2.62. The first kappa shape index (κ1) is 17.2. The van der Waals surface area contributed by atoms with E-state index in [4.69, 9.17) is 4.74 Å². The maximum absolute atomic E-state index is 10.5. The fourth-order valence-corrected chi connectivity index (χ4v) is 3.73. The van der Waals surface area contributed by atoms with Gasteiger partial charge < -0.3 is 9.84 Å². The van der Waals surface area contributed by atoms with E-state index in [0.717, 1.165) is 51.9 Å². The van der Waals surface area contributed by atoms with E-state index in [-0.39, 0.29) is 6.10 Å². The van der Waals surface area contributed by atoms with Crippen LogP contribution in [0.4, 0.5) is 0 Å². The highest BCUT2D eigenvalue weighted by Gasteiger charge is 2.28. The van der Waals surface area contributed by atoms with Crippen LogP contribution in [0.25, 0.3) is 0 Å². The van der Waals surface area contributed by atoms with E-state index in [1.165, 1.54) is 19.3 Å². The van der Waals surface area contributed by atoms with E-state index < -0.39 is 0 Å². The summed E-state index contributed by atoms with van der Waals surface area (Å²) in [6.07, 6.45) is 3.65. The molecule has 0 aliphatic carbocycles. The van der Waals surface area contributed by atoms with E-state index >= 15 is 0 Å². The van der Waals surface area contributed by atoms with Gasteiger partial charge in [0.05, 0.1) is 19.3 Å². The van der Waals surface area contributed by atoms with Crippen molar-refractivity contribution in [2.24, 2.45) is 11.8 Å². The molecule has 21 heavy (non-hydrogen) atoms. The zero-order valence-corrected chi connectivity index (χ0v) is 14.1. The van der Waals surface area contributed by atoms with Crippen molar-refractivity contribution in [3.63, 3.8) is 0 Å². The minimum Gasteiger partial charge on any atom is -0.390 e. The standard InChI is InChI=1S/C17H34N2O2/c1-14(2)17-5-4-15(3)6-7-19(17)13-16(20)12-18-8-10-21-11-9-18/h14-17,20H,4-13H2,1-3H3. The Morgan fingerprint density at radius 3 is 2.43 bits per heavy atom. The highest BCUT2D eigenvalue weighted by atomic mass is 16.5. The van der Waals surface area contributed by atoms with Crippen LogP contribution in [-0.4, -0.2) is 73.0 Å². The monoisotopic (exact) mass is 298 g/mol. The Bertz CT molecular complexity index is 293. The van der Waals surface area contributed by atoms with Gasteiger partial charge in [-0.1, -0.05) is 20.8 Å². The molecule has 2 aliphatic heterocycles. The van der Waals surface area contributed by atoms with Crippen molar-refractivity contribution in [3.8, 4) is 0 Å². The third-order valence-electron chi connectivity index (χ3n) is 5.12. The summed E-state index contributed by atoms with van der Waals surface area (Å²) in [6, 6.07) is 0.634. The molecular formula is C17H34N2O2. The lowest BCUT2D eigenvalue weighted by Crippen LogP contribution is -2.48. The van der Waals surface area contributed by atoms with Gasteiger partial charge in [-0.25, -0.2) is 0 Å². The van der Waals surface area contributed by atoms with Crippen molar-refractivity contribution in [2.45, 2.75) is 52.2 Å². The van der Waals surface area contributed by atoms with Crippen LogP contribution >= 0.6 is 0 Å². The van der Waals surface area contributed by atoms with Gasteiger partial charge in [0.25, 0.3) is 0 Å². The van der Waals surface area contributed by atoms with Gasteiger partial charge in [0.15, 0.2) is 0 Å². The summed E-state index contributed by atoms with van der Waals surface area (Å²) in [4.78, 5) is 4.89. The smallest absolute Gasteiger partial charge is 0.0793 e. The highest BCUT2D eigenvalue weighted by molar-refractivity contribution is 4.82. The molecule has 0 saturated carbocycles. The zero-order valence-electron chi connectivity index (χ0n) is 14.1. The molecule has 0 aromatic carbocycles. The SMILES string of the molecule is CC1CCC(C(C)C)N(CC(O)CN2CCOCC2)CC1. The van der Waals surface area contributed by atoms with Gasteiger partial charge >= 0.3 is 0 Å². The number of hydrogen-bond acceptors (Lipinski definition) is 4. The van der Waals surface area contributed by atoms with Crippen LogP contribution in [0.5, 0.6) is 0 Å². The Morgan fingerprint density at radius 2 is 1.76 bits per heavy atom. The minimum absolute atomic E-state index is 0.238. The molecule has 2 aliphatic rings. The Balaban J connectivity index is 1.84. The fraction of sp³-hybridized carbons (Fsp3) is 1.00. The third-order valence-corrected chi connectivity index (χ3v) is 5.12. The van der Waals surface area contributed by atoms with Gasteiger partial charge in [-0.05, 0) is 37.6 Å². The molecule has 2 heterocycles. The van der Waals surface area contributed by atoms with Crippen LogP contribution in [0.3, 0.4) is 0 Å². The second-order valence-corrected chi connectivity index (χ2v) is 7.34. The first-order valence-electron chi connectivity index (χ1n) is 8.78. The molecule has 124 valence electrons. The number of morpholine rings is 1. The molecule has 2 saturated heterocycles. The van der Waals surface area contributed by atoms with Crippen LogP contribution in [0.1, 0.15) is 40.0 Å². The van der Waals surface area contributed by atoms with E-state index in [2.05, 4.69) is 30.6 Å². The molecule has 0 radical (unpaired) electrons. The molecule has 4 heteroatoms. The molecule has 0 amide bonds. The lowest BCUT2D eigenvalue weighted by atomic mass is 9.95. The topological polar surface area (TPSA) is 35.9 Å². The van der Waals surface area contributed by atoms with Gasteiger partial charge in [0.2, 0.25) is 0 Å². The predicted octanol–water partition coefficient (Wildman–Crippen LogP) is 1.83. The maximum Gasteiger partial charge on any atom is 0.0793 e. The lowest BCUT2D eigenvalue weighted by molar-refractivity contribution is 0.000774. The number of aliphatic hydroxyl groups excluding tert-OH is 1. The van der Waals surface area contributed by atoms with Gasteiger partial charge in [-0.15, -0.1) is 0 Å². The molecule has 1 N–H and O–H groups in total. The van der Waals surface area contributed by atoms with Gasteiger partial charge in [0.1, 0.15) is 0 Å². The van der Waals surface area contributed by atoms with E-state index in [9.17, 15) is 5.11 Å². The number of ether oxygens (including phenoxy) is 1. The maximum atomic E-state index is 10.5. The Hall–Kier alpha value is -0.160. The molecule has 0 aromatic heterocycles.